The lowest BCUT2D eigenvalue weighted by Gasteiger charge is -2.26. The minimum atomic E-state index is 1.21. The van der Waals surface area contributed by atoms with Crippen molar-refractivity contribution >= 4 is 5.69 Å². The van der Waals surface area contributed by atoms with Gasteiger partial charge < -0.3 is 4.90 Å². The summed E-state index contributed by atoms with van der Waals surface area (Å²) in [6, 6.07) is 8.85. The van der Waals surface area contributed by atoms with Gasteiger partial charge in [0.1, 0.15) is 0 Å². The highest BCUT2D eigenvalue weighted by Gasteiger charge is 2.07. The first-order chi connectivity index (χ1) is 10.8. The molecular formula is C21H37N. The van der Waals surface area contributed by atoms with Gasteiger partial charge in [0.15, 0.2) is 0 Å². The molecule has 1 aromatic carbocycles. The van der Waals surface area contributed by atoms with Gasteiger partial charge in [0, 0.05) is 18.8 Å². The lowest BCUT2D eigenvalue weighted by molar-refractivity contribution is 0.568. The molecule has 0 radical (unpaired) electrons. The van der Waals surface area contributed by atoms with Crippen molar-refractivity contribution < 1.29 is 0 Å². The van der Waals surface area contributed by atoms with Gasteiger partial charge in [-0.05, 0) is 31.4 Å². The molecule has 0 bridgehead atoms. The van der Waals surface area contributed by atoms with Gasteiger partial charge in [-0.2, -0.15) is 0 Å². The minimum Gasteiger partial charge on any atom is -0.371 e. The molecular weight excluding hydrogens is 266 g/mol. The smallest absolute Gasteiger partial charge is 0.0395 e. The Balaban J connectivity index is 2.29. The van der Waals surface area contributed by atoms with Gasteiger partial charge >= 0.3 is 0 Å². The van der Waals surface area contributed by atoms with Gasteiger partial charge in [-0.25, -0.2) is 0 Å². The number of hydrogen-bond donors (Lipinski definition) is 0. The van der Waals surface area contributed by atoms with Gasteiger partial charge in [-0.3, -0.25) is 0 Å². The van der Waals surface area contributed by atoms with Crippen molar-refractivity contribution in [3.63, 3.8) is 0 Å². The van der Waals surface area contributed by atoms with Crippen molar-refractivity contribution in [3.05, 3.63) is 29.8 Å². The number of benzene rings is 1. The molecule has 1 nitrogen and oxygen atoms in total. The molecule has 0 saturated heterocycles. The molecule has 0 aliphatic rings. The summed E-state index contributed by atoms with van der Waals surface area (Å²) in [7, 11) is 0. The first-order valence-electron chi connectivity index (χ1n) is 9.60. The van der Waals surface area contributed by atoms with Crippen LogP contribution in [-0.2, 0) is 0 Å². The lowest BCUT2D eigenvalue weighted by Crippen LogP contribution is -2.26. The van der Waals surface area contributed by atoms with Crippen LogP contribution >= 0.6 is 0 Å². The van der Waals surface area contributed by atoms with Crippen molar-refractivity contribution in [1.29, 1.82) is 0 Å². The van der Waals surface area contributed by atoms with Gasteiger partial charge in [0.25, 0.3) is 0 Å². The predicted octanol–water partition coefficient (Wildman–Crippen LogP) is 6.74. The second-order valence-electron chi connectivity index (χ2n) is 6.60. The fourth-order valence-corrected chi connectivity index (χ4v) is 3.06. The zero-order chi connectivity index (χ0) is 16.0. The van der Waals surface area contributed by atoms with Crippen LogP contribution < -0.4 is 4.90 Å². The van der Waals surface area contributed by atoms with E-state index in [9.17, 15) is 0 Å². The Hall–Kier alpha value is -0.980. The highest BCUT2D eigenvalue weighted by atomic mass is 15.1. The molecule has 0 aliphatic heterocycles. The van der Waals surface area contributed by atoms with Crippen LogP contribution in [0.4, 0.5) is 5.69 Å². The van der Waals surface area contributed by atoms with Crippen LogP contribution in [0.2, 0.25) is 0 Å². The number of aryl methyl sites for hydroxylation is 1. The third-order valence-corrected chi connectivity index (χ3v) is 4.52. The third kappa shape index (κ3) is 7.87. The number of para-hydroxylation sites is 1. The lowest BCUT2D eigenvalue weighted by atomic mass is 10.1. The molecule has 0 fully saturated rings. The monoisotopic (exact) mass is 303 g/mol. The first kappa shape index (κ1) is 19.1. The molecule has 0 unspecified atom stereocenters. The van der Waals surface area contributed by atoms with Gasteiger partial charge in [0.2, 0.25) is 0 Å². The first-order valence-corrected chi connectivity index (χ1v) is 9.60. The van der Waals surface area contributed by atoms with Crippen molar-refractivity contribution in [3.8, 4) is 0 Å². The van der Waals surface area contributed by atoms with Crippen LogP contribution in [0.3, 0.4) is 0 Å². The van der Waals surface area contributed by atoms with Crippen molar-refractivity contribution in [2.45, 2.75) is 85.0 Å². The Morgan fingerprint density at radius 3 is 1.86 bits per heavy atom. The van der Waals surface area contributed by atoms with E-state index in [1.165, 1.54) is 88.5 Å². The molecule has 0 N–H and O–H groups in total. The molecule has 0 heterocycles. The van der Waals surface area contributed by atoms with Crippen LogP contribution in [0.15, 0.2) is 24.3 Å². The summed E-state index contributed by atoms with van der Waals surface area (Å²) in [5.41, 5.74) is 2.86. The van der Waals surface area contributed by atoms with Crippen molar-refractivity contribution in [2.75, 3.05) is 18.0 Å². The summed E-state index contributed by atoms with van der Waals surface area (Å²) in [6.45, 7) is 9.24. The Morgan fingerprint density at radius 1 is 0.682 bits per heavy atom. The standard InChI is InChI=1S/C21H37N/c1-4-6-8-9-10-11-12-15-19-22(18-7-5-2)21-17-14-13-16-20(21)3/h13-14,16-17H,4-12,15,18-19H2,1-3H3. The van der Waals surface area contributed by atoms with E-state index in [1.807, 2.05) is 0 Å². The summed E-state index contributed by atoms with van der Waals surface area (Å²) in [4.78, 5) is 2.61. The van der Waals surface area contributed by atoms with E-state index < -0.39 is 0 Å². The third-order valence-electron chi connectivity index (χ3n) is 4.52. The maximum absolute atomic E-state index is 2.61. The highest BCUT2D eigenvalue weighted by Crippen LogP contribution is 2.21. The summed E-state index contributed by atoms with van der Waals surface area (Å²) in [6.07, 6.45) is 13.8. The molecule has 126 valence electrons. The van der Waals surface area contributed by atoms with E-state index in [0.29, 0.717) is 0 Å². The number of hydrogen-bond acceptors (Lipinski definition) is 1. The molecule has 0 aromatic heterocycles. The summed E-state index contributed by atoms with van der Waals surface area (Å²) in [5.74, 6) is 0. The molecule has 0 saturated carbocycles. The van der Waals surface area contributed by atoms with Gasteiger partial charge in [-0.15, -0.1) is 0 Å². The van der Waals surface area contributed by atoms with E-state index in [4.69, 9.17) is 0 Å². The molecule has 1 rings (SSSR count). The average Bonchev–Trinajstić information content (AvgIpc) is 2.53. The molecule has 0 atom stereocenters. The zero-order valence-corrected chi connectivity index (χ0v) is 15.2. The van der Waals surface area contributed by atoms with E-state index in [2.05, 4.69) is 49.9 Å². The van der Waals surface area contributed by atoms with Gasteiger partial charge in [0.05, 0.1) is 0 Å². The Morgan fingerprint density at radius 2 is 1.23 bits per heavy atom. The second kappa shape index (κ2) is 12.6. The largest absolute Gasteiger partial charge is 0.371 e. The number of anilines is 1. The maximum atomic E-state index is 2.61. The van der Waals surface area contributed by atoms with E-state index in [1.54, 1.807) is 0 Å². The molecule has 0 spiro atoms. The second-order valence-corrected chi connectivity index (χ2v) is 6.60. The summed E-state index contributed by atoms with van der Waals surface area (Å²) >= 11 is 0. The molecule has 0 amide bonds. The van der Waals surface area contributed by atoms with Crippen LogP contribution in [0, 0.1) is 6.92 Å². The zero-order valence-electron chi connectivity index (χ0n) is 15.2. The molecule has 1 heteroatoms. The predicted molar refractivity (Wildman–Crippen MR) is 101 cm³/mol. The van der Waals surface area contributed by atoms with E-state index in [0.717, 1.165) is 0 Å². The Labute approximate surface area is 139 Å². The fraction of sp³-hybridized carbons (Fsp3) is 0.714. The normalized spacial score (nSPS) is 10.9. The van der Waals surface area contributed by atoms with Gasteiger partial charge in [-0.1, -0.05) is 83.4 Å². The van der Waals surface area contributed by atoms with Crippen LogP contribution in [0.5, 0.6) is 0 Å². The van der Waals surface area contributed by atoms with E-state index >= 15 is 0 Å². The quantitative estimate of drug-likeness (QED) is 0.365. The molecule has 0 aliphatic carbocycles. The van der Waals surface area contributed by atoms with Crippen LogP contribution in [0.1, 0.15) is 83.6 Å². The van der Waals surface area contributed by atoms with Crippen molar-refractivity contribution in [2.24, 2.45) is 0 Å². The fourth-order valence-electron chi connectivity index (χ4n) is 3.06. The number of rotatable bonds is 13. The minimum absolute atomic E-state index is 1.21. The number of nitrogens with zero attached hydrogens (tertiary/aromatic N) is 1. The van der Waals surface area contributed by atoms with Crippen LogP contribution in [-0.4, -0.2) is 13.1 Å². The SMILES string of the molecule is CCCCCCCCCCN(CCCC)c1ccccc1C. The van der Waals surface area contributed by atoms with Crippen molar-refractivity contribution in [1.82, 2.24) is 0 Å². The summed E-state index contributed by atoms with van der Waals surface area (Å²) in [5, 5.41) is 0. The topological polar surface area (TPSA) is 3.24 Å². The molecule has 1 aromatic rings. The van der Waals surface area contributed by atoms with E-state index in [-0.39, 0.29) is 0 Å². The Bertz CT molecular complexity index is 372. The molecule has 22 heavy (non-hydrogen) atoms. The number of unbranched alkanes of at least 4 members (excludes halogenated alkanes) is 8. The van der Waals surface area contributed by atoms with Crippen LogP contribution in [0.25, 0.3) is 0 Å². The Kier molecular flexibility index (Phi) is 10.9. The summed E-state index contributed by atoms with van der Waals surface area (Å²) < 4.78 is 0. The highest BCUT2D eigenvalue weighted by molar-refractivity contribution is 5.52. The maximum Gasteiger partial charge on any atom is 0.0395 e. The average molecular weight is 304 g/mol.